The van der Waals surface area contributed by atoms with Crippen molar-refractivity contribution in [1.82, 2.24) is 9.88 Å². The number of aromatic nitrogens is 1. The summed E-state index contributed by atoms with van der Waals surface area (Å²) in [6.45, 7) is 1.66. The molecule has 0 aliphatic carbocycles. The van der Waals surface area contributed by atoms with Gasteiger partial charge in [0, 0.05) is 42.2 Å². The van der Waals surface area contributed by atoms with Crippen LogP contribution in [0.4, 0.5) is 5.69 Å². The second-order valence-corrected chi connectivity index (χ2v) is 8.07. The number of benzene rings is 2. The topological polar surface area (TPSA) is 83.9 Å². The molecule has 0 fully saturated rings. The fourth-order valence-corrected chi connectivity index (χ4v) is 3.68. The highest BCUT2D eigenvalue weighted by Gasteiger charge is 2.18. The molecule has 0 spiro atoms. The minimum atomic E-state index is -0.313. The van der Waals surface area contributed by atoms with Gasteiger partial charge in [0.2, 0.25) is 0 Å². The number of likely N-dealkylation sites (N-methyl/N-ethyl adjacent to an activating group) is 1. The van der Waals surface area contributed by atoms with Gasteiger partial charge in [0.05, 0.1) is 30.8 Å². The van der Waals surface area contributed by atoms with Crippen LogP contribution >= 0.6 is 11.6 Å². The molecular weight excluding hydrogens is 440 g/mol. The minimum absolute atomic E-state index is 0.0670. The molecular formula is C25H23ClN4O3. The molecule has 0 atom stereocenters. The fraction of sp³-hybridized carbons (Fsp3) is 0.200. The Kier molecular flexibility index (Phi) is 6.70. The molecule has 1 amide bonds. The first kappa shape index (κ1) is 22.5. The number of pyridine rings is 1. The van der Waals surface area contributed by atoms with Gasteiger partial charge in [-0.15, -0.1) is 0 Å². The molecule has 8 heteroatoms. The van der Waals surface area contributed by atoms with Crippen molar-refractivity contribution in [3.8, 4) is 5.75 Å². The van der Waals surface area contributed by atoms with Crippen molar-refractivity contribution < 1.29 is 14.3 Å². The van der Waals surface area contributed by atoms with E-state index in [0.29, 0.717) is 33.3 Å². The second kappa shape index (κ2) is 9.83. The van der Waals surface area contributed by atoms with Crippen LogP contribution in [0.15, 0.2) is 65.8 Å². The summed E-state index contributed by atoms with van der Waals surface area (Å²) in [5.74, 6) is 0.927. The molecule has 0 unspecified atom stereocenters. The third-order valence-electron chi connectivity index (χ3n) is 5.37. The first-order chi connectivity index (χ1) is 15.9. The molecule has 3 aromatic rings. The number of carbonyl (C=O) groups excluding carboxylic acids is 2. The zero-order valence-corrected chi connectivity index (χ0v) is 19.1. The molecule has 2 aromatic carbocycles. The van der Waals surface area contributed by atoms with Crippen LogP contribution in [0.3, 0.4) is 0 Å². The van der Waals surface area contributed by atoms with Gasteiger partial charge in [-0.2, -0.15) is 0 Å². The summed E-state index contributed by atoms with van der Waals surface area (Å²) in [6, 6.07) is 15.6. The van der Waals surface area contributed by atoms with Crippen LogP contribution in [-0.4, -0.2) is 54.7 Å². The molecule has 7 nitrogen and oxygen atoms in total. The van der Waals surface area contributed by atoms with Crippen LogP contribution in [0.25, 0.3) is 0 Å². The maximum atomic E-state index is 13.0. The van der Waals surface area contributed by atoms with Gasteiger partial charge in [-0.3, -0.25) is 19.6 Å². The normalized spacial score (nSPS) is 12.9. The van der Waals surface area contributed by atoms with Crippen molar-refractivity contribution in [2.75, 3.05) is 32.6 Å². The van der Waals surface area contributed by atoms with Crippen molar-refractivity contribution in [2.24, 2.45) is 4.99 Å². The predicted octanol–water partition coefficient (Wildman–Crippen LogP) is 4.11. The minimum Gasteiger partial charge on any atom is -0.497 e. The van der Waals surface area contributed by atoms with Crippen molar-refractivity contribution in [1.29, 1.82) is 0 Å². The van der Waals surface area contributed by atoms with Gasteiger partial charge in [-0.25, -0.2) is 0 Å². The van der Waals surface area contributed by atoms with Crippen molar-refractivity contribution >= 4 is 34.8 Å². The molecule has 0 bridgehead atoms. The molecule has 1 N–H and O–H groups in total. The molecule has 0 saturated heterocycles. The average molecular weight is 463 g/mol. The number of anilines is 1. The van der Waals surface area contributed by atoms with E-state index in [0.717, 1.165) is 24.5 Å². The van der Waals surface area contributed by atoms with Crippen LogP contribution in [0.1, 0.15) is 32.0 Å². The van der Waals surface area contributed by atoms with Crippen LogP contribution < -0.4 is 10.1 Å². The van der Waals surface area contributed by atoms with Crippen LogP contribution in [0, 0.1) is 0 Å². The Labute approximate surface area is 197 Å². The molecule has 168 valence electrons. The van der Waals surface area contributed by atoms with Crippen molar-refractivity contribution in [2.45, 2.75) is 6.42 Å². The molecule has 4 rings (SSSR count). The number of nitrogens with zero attached hydrogens (tertiary/aromatic N) is 3. The predicted molar refractivity (Wildman–Crippen MR) is 129 cm³/mol. The quantitative estimate of drug-likeness (QED) is 0.534. The maximum Gasteiger partial charge on any atom is 0.255 e. The Morgan fingerprint density at radius 3 is 2.55 bits per heavy atom. The zero-order chi connectivity index (χ0) is 23.4. The van der Waals surface area contributed by atoms with Gasteiger partial charge in [0.15, 0.2) is 5.78 Å². The largest absolute Gasteiger partial charge is 0.497 e. The number of Topliss-reactive ketones (excluding diaryl/α,β-unsaturated/α-hetero) is 1. The number of ether oxygens (including phenoxy) is 1. The highest BCUT2D eigenvalue weighted by Crippen LogP contribution is 2.25. The Morgan fingerprint density at radius 2 is 1.91 bits per heavy atom. The van der Waals surface area contributed by atoms with Gasteiger partial charge in [-0.05, 0) is 42.5 Å². The lowest BCUT2D eigenvalue weighted by atomic mass is 10.0. The number of aliphatic imine (C=N–C) groups is 1. The Bertz CT molecular complexity index is 1210. The van der Waals surface area contributed by atoms with Gasteiger partial charge in [0.1, 0.15) is 11.6 Å². The lowest BCUT2D eigenvalue weighted by molar-refractivity contribution is 0.0992. The third-order valence-corrected chi connectivity index (χ3v) is 5.59. The smallest absolute Gasteiger partial charge is 0.255 e. The molecule has 1 aliphatic heterocycles. The van der Waals surface area contributed by atoms with E-state index in [1.807, 2.05) is 19.2 Å². The number of amides is 1. The first-order valence-corrected chi connectivity index (χ1v) is 10.8. The second-order valence-electron chi connectivity index (χ2n) is 7.64. The van der Waals surface area contributed by atoms with E-state index in [2.05, 4.69) is 20.2 Å². The van der Waals surface area contributed by atoms with Gasteiger partial charge in [0.25, 0.3) is 5.91 Å². The van der Waals surface area contributed by atoms with Gasteiger partial charge in [-0.1, -0.05) is 23.7 Å². The highest BCUT2D eigenvalue weighted by atomic mass is 35.5. The van der Waals surface area contributed by atoms with E-state index in [4.69, 9.17) is 16.3 Å². The number of ketones is 1. The SMILES string of the molecule is COc1ccc(NC(=O)c2ccc(C3=NCCN3C)cc2)c(C(=O)Cc2ccc(Cl)cn2)c1. The van der Waals surface area contributed by atoms with E-state index in [-0.39, 0.29) is 18.1 Å². The van der Waals surface area contributed by atoms with Crippen molar-refractivity contribution in [3.63, 3.8) is 0 Å². The zero-order valence-electron chi connectivity index (χ0n) is 18.3. The fourth-order valence-electron chi connectivity index (χ4n) is 3.57. The van der Waals surface area contributed by atoms with Crippen LogP contribution in [0.5, 0.6) is 5.75 Å². The lowest BCUT2D eigenvalue weighted by Crippen LogP contribution is -2.23. The van der Waals surface area contributed by atoms with Crippen LogP contribution in [-0.2, 0) is 6.42 Å². The van der Waals surface area contributed by atoms with E-state index in [9.17, 15) is 9.59 Å². The number of carbonyl (C=O) groups is 2. The number of amidine groups is 1. The summed E-state index contributed by atoms with van der Waals surface area (Å²) < 4.78 is 5.27. The summed E-state index contributed by atoms with van der Waals surface area (Å²) in [5.41, 5.74) is 2.78. The lowest BCUT2D eigenvalue weighted by Gasteiger charge is -2.14. The molecule has 1 aromatic heterocycles. The van der Waals surface area contributed by atoms with Crippen molar-refractivity contribution in [3.05, 3.63) is 88.2 Å². The molecule has 0 radical (unpaired) electrons. The molecule has 1 aliphatic rings. The maximum absolute atomic E-state index is 13.0. The number of methoxy groups -OCH3 is 1. The van der Waals surface area contributed by atoms with E-state index in [1.165, 1.54) is 13.3 Å². The Hall–Kier alpha value is -3.71. The third kappa shape index (κ3) is 5.21. The van der Waals surface area contributed by atoms with E-state index < -0.39 is 0 Å². The van der Waals surface area contributed by atoms with Gasteiger partial charge >= 0.3 is 0 Å². The van der Waals surface area contributed by atoms with E-state index >= 15 is 0 Å². The highest BCUT2D eigenvalue weighted by molar-refractivity contribution is 6.30. The monoisotopic (exact) mass is 462 g/mol. The summed E-state index contributed by atoms with van der Waals surface area (Å²) >= 11 is 5.88. The summed E-state index contributed by atoms with van der Waals surface area (Å²) in [6.07, 6.45) is 1.56. The van der Waals surface area contributed by atoms with E-state index in [1.54, 1.807) is 42.5 Å². The number of halogens is 1. The average Bonchev–Trinajstić information content (AvgIpc) is 3.26. The number of nitrogens with one attached hydrogen (secondary N) is 1. The summed E-state index contributed by atoms with van der Waals surface area (Å²) in [5, 5.41) is 3.35. The summed E-state index contributed by atoms with van der Waals surface area (Å²) in [7, 11) is 3.52. The number of hydrogen-bond donors (Lipinski definition) is 1. The Morgan fingerprint density at radius 1 is 1.12 bits per heavy atom. The number of hydrogen-bond acceptors (Lipinski definition) is 6. The first-order valence-electron chi connectivity index (χ1n) is 10.4. The number of rotatable bonds is 7. The Balaban J connectivity index is 1.54. The van der Waals surface area contributed by atoms with Gasteiger partial charge < -0.3 is 15.0 Å². The summed E-state index contributed by atoms with van der Waals surface area (Å²) in [4.78, 5) is 36.7. The molecule has 2 heterocycles. The molecule has 33 heavy (non-hydrogen) atoms. The van der Waals surface area contributed by atoms with Crippen LogP contribution in [0.2, 0.25) is 5.02 Å². The molecule has 0 saturated carbocycles. The standard InChI is InChI=1S/C25H23ClN4O3/c1-30-12-11-27-24(30)16-3-5-17(6-4-16)25(32)29-22-10-9-20(33-2)14-21(22)23(31)13-19-8-7-18(26)15-28-19/h3-10,14-15H,11-13H2,1-2H3,(H,29,32).